The molecule has 0 radical (unpaired) electrons. The van der Waals surface area contributed by atoms with E-state index in [0.29, 0.717) is 12.1 Å². The van der Waals surface area contributed by atoms with Crippen LogP contribution in [0.5, 0.6) is 0 Å². The molecule has 2 aromatic heterocycles. The lowest BCUT2D eigenvalue weighted by atomic mass is 9.85. The molecule has 1 saturated carbocycles. The highest BCUT2D eigenvalue weighted by Gasteiger charge is 2.27. The third-order valence-corrected chi connectivity index (χ3v) is 6.18. The minimum atomic E-state index is -1.65. The summed E-state index contributed by atoms with van der Waals surface area (Å²) >= 11 is 0. The van der Waals surface area contributed by atoms with E-state index in [1.807, 2.05) is 0 Å². The van der Waals surface area contributed by atoms with E-state index in [4.69, 9.17) is 4.52 Å². The molecule has 0 atom stereocenters. The third kappa shape index (κ3) is 5.58. The lowest BCUT2D eigenvalue weighted by molar-refractivity contribution is 0.184. The number of carboxylic acid groups (broad SMARTS) is 2. The standard InChI is InChI=1S/C25H27N3O5/c29-24(30)28(25(31)32)23-21(7-4-14-26-23)22-16-20(27-33-22)15-19-12-10-18(11-13-19)9-8-17-5-2-1-3-6-17/h4,7,10-14,16-17H,1-3,5-6,8-9,15H2,(H,29,30)(H,31,32). The van der Waals surface area contributed by atoms with Crippen LogP contribution < -0.4 is 4.90 Å². The smallest absolute Gasteiger partial charge is 0.422 e. The summed E-state index contributed by atoms with van der Waals surface area (Å²) in [6.45, 7) is 0. The molecule has 0 spiro atoms. The Morgan fingerprint density at radius 3 is 2.39 bits per heavy atom. The van der Waals surface area contributed by atoms with Crippen molar-refractivity contribution in [1.29, 1.82) is 0 Å². The number of amides is 2. The molecule has 1 aliphatic carbocycles. The van der Waals surface area contributed by atoms with E-state index in [-0.39, 0.29) is 22.0 Å². The first-order chi connectivity index (χ1) is 16.0. The Bertz CT molecular complexity index is 1090. The Kier molecular flexibility index (Phi) is 7.02. The Balaban J connectivity index is 1.43. The first kappa shape index (κ1) is 22.5. The van der Waals surface area contributed by atoms with Crippen LogP contribution in [0.2, 0.25) is 0 Å². The van der Waals surface area contributed by atoms with Crippen LogP contribution in [0.25, 0.3) is 11.3 Å². The molecule has 172 valence electrons. The van der Waals surface area contributed by atoms with E-state index < -0.39 is 12.2 Å². The van der Waals surface area contributed by atoms with Gasteiger partial charge >= 0.3 is 12.2 Å². The van der Waals surface area contributed by atoms with Gasteiger partial charge in [-0.05, 0) is 42.0 Å². The number of nitrogens with zero attached hydrogens (tertiary/aromatic N) is 3. The van der Waals surface area contributed by atoms with Crippen LogP contribution in [0.3, 0.4) is 0 Å². The molecule has 33 heavy (non-hydrogen) atoms. The zero-order valence-corrected chi connectivity index (χ0v) is 18.3. The molecule has 0 saturated heterocycles. The average molecular weight is 450 g/mol. The molecule has 1 fully saturated rings. The first-order valence-electron chi connectivity index (χ1n) is 11.3. The number of imide groups is 1. The summed E-state index contributed by atoms with van der Waals surface area (Å²) in [5.41, 5.74) is 3.32. The van der Waals surface area contributed by atoms with Crippen molar-refractivity contribution < 1.29 is 24.3 Å². The minimum Gasteiger partial charge on any atom is -0.464 e. The second kappa shape index (κ2) is 10.3. The molecule has 8 nitrogen and oxygen atoms in total. The van der Waals surface area contributed by atoms with Crippen LogP contribution in [0.4, 0.5) is 15.4 Å². The Labute approximate surface area is 191 Å². The van der Waals surface area contributed by atoms with Gasteiger partial charge in [0.1, 0.15) is 0 Å². The van der Waals surface area contributed by atoms with E-state index in [1.165, 1.54) is 50.3 Å². The van der Waals surface area contributed by atoms with Gasteiger partial charge in [0.25, 0.3) is 0 Å². The molecule has 2 N–H and O–H groups in total. The van der Waals surface area contributed by atoms with Crippen LogP contribution in [-0.2, 0) is 12.8 Å². The number of rotatable bonds is 7. The summed E-state index contributed by atoms with van der Waals surface area (Å²) in [6, 6.07) is 13.3. The third-order valence-electron chi connectivity index (χ3n) is 6.18. The Morgan fingerprint density at radius 2 is 1.70 bits per heavy atom. The zero-order valence-electron chi connectivity index (χ0n) is 18.3. The fraction of sp³-hybridized carbons (Fsp3) is 0.360. The molecular weight excluding hydrogens is 422 g/mol. The topological polar surface area (TPSA) is 117 Å². The number of hydrogen-bond acceptors (Lipinski definition) is 5. The van der Waals surface area contributed by atoms with Crippen LogP contribution in [0.15, 0.2) is 53.2 Å². The van der Waals surface area contributed by atoms with Crippen LogP contribution in [0, 0.1) is 5.92 Å². The van der Waals surface area contributed by atoms with Crippen molar-refractivity contribution in [3.63, 3.8) is 0 Å². The molecule has 2 amide bonds. The maximum absolute atomic E-state index is 11.4. The van der Waals surface area contributed by atoms with E-state index in [0.717, 1.165) is 17.9 Å². The molecule has 0 bridgehead atoms. The Hall–Kier alpha value is -3.68. The van der Waals surface area contributed by atoms with Crippen LogP contribution in [0.1, 0.15) is 55.3 Å². The molecule has 0 unspecified atom stereocenters. The highest BCUT2D eigenvalue weighted by molar-refractivity contribution is 6.09. The van der Waals surface area contributed by atoms with Gasteiger partial charge in [0.15, 0.2) is 11.6 Å². The molecule has 3 aromatic rings. The van der Waals surface area contributed by atoms with E-state index in [1.54, 1.807) is 18.2 Å². The van der Waals surface area contributed by atoms with Gasteiger partial charge in [0, 0.05) is 18.7 Å². The minimum absolute atomic E-state index is 0.156. The number of carbonyl (C=O) groups is 2. The number of anilines is 1. The molecule has 4 rings (SSSR count). The molecule has 0 aliphatic heterocycles. The average Bonchev–Trinajstić information content (AvgIpc) is 3.27. The van der Waals surface area contributed by atoms with Gasteiger partial charge < -0.3 is 14.7 Å². The molecule has 2 heterocycles. The predicted molar refractivity (Wildman–Crippen MR) is 122 cm³/mol. The van der Waals surface area contributed by atoms with E-state index >= 15 is 0 Å². The van der Waals surface area contributed by atoms with Crippen LogP contribution in [-0.4, -0.2) is 32.5 Å². The van der Waals surface area contributed by atoms with E-state index in [9.17, 15) is 19.8 Å². The quantitative estimate of drug-likeness (QED) is 0.454. The molecule has 8 heteroatoms. The monoisotopic (exact) mass is 449 g/mol. The van der Waals surface area contributed by atoms with Crippen molar-refractivity contribution in [2.75, 3.05) is 4.90 Å². The van der Waals surface area contributed by atoms with Gasteiger partial charge in [-0.1, -0.05) is 61.5 Å². The fourth-order valence-electron chi connectivity index (χ4n) is 4.43. The summed E-state index contributed by atoms with van der Waals surface area (Å²) < 4.78 is 5.40. The maximum atomic E-state index is 11.4. The van der Waals surface area contributed by atoms with Gasteiger partial charge in [-0.25, -0.2) is 14.6 Å². The van der Waals surface area contributed by atoms with Gasteiger partial charge in [0.05, 0.1) is 11.3 Å². The zero-order chi connectivity index (χ0) is 23.2. The highest BCUT2D eigenvalue weighted by Crippen LogP contribution is 2.30. The highest BCUT2D eigenvalue weighted by atomic mass is 16.5. The second-order valence-electron chi connectivity index (χ2n) is 8.49. The summed E-state index contributed by atoms with van der Waals surface area (Å²) in [6.07, 6.45) is 7.78. The summed E-state index contributed by atoms with van der Waals surface area (Å²) in [5.74, 6) is 0.870. The number of pyridine rings is 1. The largest absolute Gasteiger partial charge is 0.464 e. The van der Waals surface area contributed by atoms with Crippen molar-refractivity contribution >= 4 is 18.0 Å². The van der Waals surface area contributed by atoms with Gasteiger partial charge in [-0.15, -0.1) is 0 Å². The van der Waals surface area contributed by atoms with Crippen LogP contribution >= 0.6 is 0 Å². The van der Waals surface area contributed by atoms with Crippen molar-refractivity contribution in [1.82, 2.24) is 10.1 Å². The van der Waals surface area contributed by atoms with Gasteiger partial charge in [-0.2, -0.15) is 4.90 Å². The predicted octanol–water partition coefficient (Wildman–Crippen LogP) is 6.00. The van der Waals surface area contributed by atoms with E-state index in [2.05, 4.69) is 34.4 Å². The normalized spacial score (nSPS) is 14.2. The lowest BCUT2D eigenvalue weighted by Crippen LogP contribution is -2.35. The summed E-state index contributed by atoms with van der Waals surface area (Å²) in [7, 11) is 0. The summed E-state index contributed by atoms with van der Waals surface area (Å²) in [4.78, 5) is 26.9. The molecular formula is C25H27N3O5. The van der Waals surface area contributed by atoms with Crippen molar-refractivity contribution in [2.45, 2.75) is 51.4 Å². The second-order valence-corrected chi connectivity index (χ2v) is 8.49. The maximum Gasteiger partial charge on any atom is 0.422 e. The number of benzene rings is 1. The van der Waals surface area contributed by atoms with Crippen molar-refractivity contribution in [2.24, 2.45) is 5.92 Å². The van der Waals surface area contributed by atoms with Gasteiger partial charge in [0.2, 0.25) is 0 Å². The number of aromatic nitrogens is 2. The summed E-state index contributed by atoms with van der Waals surface area (Å²) in [5, 5.41) is 22.6. The molecule has 1 aliphatic rings. The number of hydrogen-bond donors (Lipinski definition) is 2. The fourth-order valence-corrected chi connectivity index (χ4v) is 4.43. The van der Waals surface area contributed by atoms with Crippen molar-refractivity contribution in [3.8, 4) is 11.3 Å². The Morgan fingerprint density at radius 1 is 1.00 bits per heavy atom. The SMILES string of the molecule is O=C(O)N(C(=O)O)c1ncccc1-c1cc(Cc2ccc(CCC3CCCCC3)cc2)no1. The molecule has 1 aromatic carbocycles. The number of aryl methyl sites for hydroxylation is 1. The lowest BCUT2D eigenvalue weighted by Gasteiger charge is -2.21. The first-order valence-corrected chi connectivity index (χ1v) is 11.3. The van der Waals surface area contributed by atoms with Gasteiger partial charge in [-0.3, -0.25) is 0 Å². The van der Waals surface area contributed by atoms with Crippen molar-refractivity contribution in [3.05, 3.63) is 65.5 Å².